The standard InChI is InChI=1S/C17H24F3N/c1-3-12(4-2)16(11-21-15-8-9-15)13-6-5-7-14(10-13)17(18,19)20/h5-7,10,12,15-16,21H,3-4,8-9,11H2,1-2H3. The zero-order chi connectivity index (χ0) is 15.5. The summed E-state index contributed by atoms with van der Waals surface area (Å²) >= 11 is 0. The minimum atomic E-state index is -4.27. The lowest BCUT2D eigenvalue weighted by atomic mass is 9.82. The monoisotopic (exact) mass is 299 g/mol. The van der Waals surface area contributed by atoms with Crippen LogP contribution in [0.15, 0.2) is 24.3 Å². The Morgan fingerprint density at radius 3 is 2.38 bits per heavy atom. The molecule has 1 N–H and O–H groups in total. The molecule has 118 valence electrons. The van der Waals surface area contributed by atoms with Crippen molar-refractivity contribution < 1.29 is 13.2 Å². The van der Waals surface area contributed by atoms with Crippen LogP contribution in [0.1, 0.15) is 56.6 Å². The summed E-state index contributed by atoms with van der Waals surface area (Å²) in [6.45, 7) is 5.01. The van der Waals surface area contributed by atoms with Crippen molar-refractivity contribution in [2.45, 2.75) is 57.7 Å². The van der Waals surface area contributed by atoms with E-state index < -0.39 is 11.7 Å². The SMILES string of the molecule is CCC(CC)C(CNC1CC1)c1cccc(C(F)(F)F)c1. The Bertz CT molecular complexity index is 448. The Kier molecular flexibility index (Phi) is 5.31. The van der Waals surface area contributed by atoms with Crippen LogP contribution < -0.4 is 5.32 Å². The van der Waals surface area contributed by atoms with E-state index in [1.54, 1.807) is 0 Å². The van der Waals surface area contributed by atoms with E-state index in [2.05, 4.69) is 19.2 Å². The van der Waals surface area contributed by atoms with Crippen molar-refractivity contribution in [1.29, 1.82) is 0 Å². The van der Waals surface area contributed by atoms with Crippen LogP contribution in [0.5, 0.6) is 0 Å². The molecule has 0 spiro atoms. The summed E-state index contributed by atoms with van der Waals surface area (Å²) in [5.74, 6) is 0.572. The molecule has 1 fully saturated rings. The maximum atomic E-state index is 12.9. The summed E-state index contributed by atoms with van der Waals surface area (Å²) in [5, 5.41) is 3.48. The predicted molar refractivity (Wildman–Crippen MR) is 79.3 cm³/mol. The number of hydrogen-bond acceptors (Lipinski definition) is 1. The second kappa shape index (κ2) is 6.82. The van der Waals surface area contributed by atoms with E-state index in [1.807, 2.05) is 6.07 Å². The van der Waals surface area contributed by atoms with Gasteiger partial charge in [-0.3, -0.25) is 0 Å². The largest absolute Gasteiger partial charge is 0.416 e. The maximum Gasteiger partial charge on any atom is 0.416 e. The molecule has 0 aliphatic heterocycles. The lowest BCUT2D eigenvalue weighted by Crippen LogP contribution is -2.28. The molecular weight excluding hydrogens is 275 g/mol. The van der Waals surface area contributed by atoms with E-state index in [0.29, 0.717) is 12.0 Å². The van der Waals surface area contributed by atoms with Crippen LogP contribution in [0.25, 0.3) is 0 Å². The van der Waals surface area contributed by atoms with Crippen LogP contribution in [0, 0.1) is 5.92 Å². The molecule has 2 rings (SSSR count). The first-order chi connectivity index (χ1) is 9.95. The average molecular weight is 299 g/mol. The third-order valence-electron chi connectivity index (χ3n) is 4.46. The molecule has 0 amide bonds. The fourth-order valence-electron chi connectivity index (χ4n) is 2.94. The Labute approximate surface area is 124 Å². The highest BCUT2D eigenvalue weighted by Gasteiger charge is 2.32. The zero-order valence-electron chi connectivity index (χ0n) is 12.7. The topological polar surface area (TPSA) is 12.0 Å². The summed E-state index contributed by atoms with van der Waals surface area (Å²) in [6.07, 6.45) is 0.0996. The van der Waals surface area contributed by atoms with Crippen molar-refractivity contribution in [2.75, 3.05) is 6.54 Å². The lowest BCUT2D eigenvalue weighted by molar-refractivity contribution is -0.137. The van der Waals surface area contributed by atoms with E-state index in [9.17, 15) is 13.2 Å². The minimum Gasteiger partial charge on any atom is -0.313 e. The fourth-order valence-corrected chi connectivity index (χ4v) is 2.94. The van der Waals surface area contributed by atoms with Gasteiger partial charge < -0.3 is 5.32 Å². The quantitative estimate of drug-likeness (QED) is 0.749. The Hall–Kier alpha value is -1.03. The third kappa shape index (κ3) is 4.47. The normalized spacial score (nSPS) is 17.2. The van der Waals surface area contributed by atoms with Crippen molar-refractivity contribution in [3.63, 3.8) is 0 Å². The summed E-state index contributed by atoms with van der Waals surface area (Å²) in [4.78, 5) is 0. The van der Waals surface area contributed by atoms with Gasteiger partial charge in [0, 0.05) is 12.6 Å². The van der Waals surface area contributed by atoms with Crippen molar-refractivity contribution in [3.8, 4) is 0 Å². The Morgan fingerprint density at radius 2 is 1.86 bits per heavy atom. The number of halogens is 3. The van der Waals surface area contributed by atoms with Gasteiger partial charge in [0.1, 0.15) is 0 Å². The first kappa shape index (κ1) is 16.3. The molecule has 1 nitrogen and oxygen atoms in total. The van der Waals surface area contributed by atoms with Gasteiger partial charge in [-0.25, -0.2) is 0 Å². The number of nitrogens with one attached hydrogen (secondary N) is 1. The van der Waals surface area contributed by atoms with Crippen molar-refractivity contribution in [3.05, 3.63) is 35.4 Å². The lowest BCUT2D eigenvalue weighted by Gasteiger charge is -2.27. The van der Waals surface area contributed by atoms with Crippen molar-refractivity contribution >= 4 is 0 Å². The van der Waals surface area contributed by atoms with E-state index >= 15 is 0 Å². The van der Waals surface area contributed by atoms with Crippen molar-refractivity contribution in [1.82, 2.24) is 5.32 Å². The van der Waals surface area contributed by atoms with E-state index in [1.165, 1.54) is 25.0 Å². The third-order valence-corrected chi connectivity index (χ3v) is 4.46. The van der Waals surface area contributed by atoms with Gasteiger partial charge in [-0.2, -0.15) is 13.2 Å². The molecule has 0 heterocycles. The van der Waals surface area contributed by atoms with Crippen LogP contribution in [0.4, 0.5) is 13.2 Å². The number of benzene rings is 1. The van der Waals surface area contributed by atoms with Crippen molar-refractivity contribution in [2.24, 2.45) is 5.92 Å². The molecule has 4 heteroatoms. The van der Waals surface area contributed by atoms with Gasteiger partial charge in [0.05, 0.1) is 5.56 Å². The first-order valence-electron chi connectivity index (χ1n) is 7.86. The fraction of sp³-hybridized carbons (Fsp3) is 0.647. The van der Waals surface area contributed by atoms with Gasteiger partial charge in [-0.05, 0) is 36.3 Å². The van der Waals surface area contributed by atoms with E-state index in [0.717, 1.165) is 31.0 Å². The Balaban J connectivity index is 2.21. The predicted octanol–water partition coefficient (Wildman–Crippen LogP) is 4.98. The highest BCUT2D eigenvalue weighted by atomic mass is 19.4. The minimum absolute atomic E-state index is 0.155. The number of alkyl halides is 3. The zero-order valence-corrected chi connectivity index (χ0v) is 12.7. The molecule has 21 heavy (non-hydrogen) atoms. The highest BCUT2D eigenvalue weighted by molar-refractivity contribution is 5.29. The van der Waals surface area contributed by atoms with E-state index in [-0.39, 0.29) is 5.92 Å². The van der Waals surface area contributed by atoms with Crippen LogP contribution >= 0.6 is 0 Å². The van der Waals surface area contributed by atoms with Gasteiger partial charge in [0.2, 0.25) is 0 Å². The summed E-state index contributed by atoms with van der Waals surface area (Å²) in [5.41, 5.74) is 0.272. The summed E-state index contributed by atoms with van der Waals surface area (Å²) in [6, 6.07) is 6.43. The van der Waals surface area contributed by atoms with Gasteiger partial charge in [-0.15, -0.1) is 0 Å². The van der Waals surface area contributed by atoms with Crippen LogP contribution in [0.3, 0.4) is 0 Å². The molecule has 0 bridgehead atoms. The molecule has 1 aromatic carbocycles. The van der Waals surface area contributed by atoms with Crippen LogP contribution in [0.2, 0.25) is 0 Å². The number of rotatable bonds is 7. The van der Waals surface area contributed by atoms with Gasteiger partial charge in [0.25, 0.3) is 0 Å². The molecule has 1 saturated carbocycles. The van der Waals surface area contributed by atoms with Crippen LogP contribution in [-0.2, 0) is 6.18 Å². The molecule has 0 aromatic heterocycles. The molecule has 1 atom stereocenters. The van der Waals surface area contributed by atoms with Gasteiger partial charge >= 0.3 is 6.18 Å². The molecule has 0 radical (unpaired) electrons. The summed E-state index contributed by atoms with van der Waals surface area (Å²) < 4.78 is 38.7. The Morgan fingerprint density at radius 1 is 1.19 bits per heavy atom. The highest BCUT2D eigenvalue weighted by Crippen LogP contribution is 2.35. The smallest absolute Gasteiger partial charge is 0.313 e. The number of hydrogen-bond donors (Lipinski definition) is 1. The van der Waals surface area contributed by atoms with Gasteiger partial charge in [0.15, 0.2) is 0 Å². The van der Waals surface area contributed by atoms with Gasteiger partial charge in [-0.1, -0.05) is 44.9 Å². The maximum absolute atomic E-state index is 12.9. The van der Waals surface area contributed by atoms with Crippen LogP contribution in [-0.4, -0.2) is 12.6 Å². The molecule has 1 aromatic rings. The molecule has 1 aliphatic rings. The molecule has 1 unspecified atom stereocenters. The molecule has 1 aliphatic carbocycles. The first-order valence-corrected chi connectivity index (χ1v) is 7.86. The second-order valence-electron chi connectivity index (χ2n) is 5.99. The molecule has 0 saturated heterocycles. The summed E-state index contributed by atoms with van der Waals surface area (Å²) in [7, 11) is 0. The van der Waals surface area contributed by atoms with E-state index in [4.69, 9.17) is 0 Å². The average Bonchev–Trinajstić information content (AvgIpc) is 3.27. The molecular formula is C17H24F3N. The second-order valence-corrected chi connectivity index (χ2v) is 5.99.